The molecule has 0 fully saturated rings. The Hall–Kier alpha value is -1.20. The zero-order chi connectivity index (χ0) is 14.1. The summed E-state index contributed by atoms with van der Waals surface area (Å²) >= 11 is 0. The molecule has 0 atom stereocenters. The Balaban J connectivity index is 3.32. The van der Waals surface area contributed by atoms with E-state index in [-0.39, 0.29) is 10.7 Å². The fourth-order valence-corrected chi connectivity index (χ4v) is 3.26. The summed E-state index contributed by atoms with van der Waals surface area (Å²) < 4.78 is 27.0. The number of hydrogen-bond donors (Lipinski definition) is 1. The molecule has 0 aromatic heterocycles. The summed E-state index contributed by atoms with van der Waals surface area (Å²) in [5.74, 6) is -0.151. The molecule has 5 heteroatoms. The van der Waals surface area contributed by atoms with Crippen LogP contribution in [0, 0.1) is 6.92 Å². The minimum Gasteiger partial charge on any atom is -0.295 e. The lowest BCUT2D eigenvalue weighted by molar-refractivity contribution is 0.101. The van der Waals surface area contributed by atoms with E-state index in [1.807, 2.05) is 0 Å². The fourth-order valence-electron chi connectivity index (χ4n) is 1.57. The fraction of sp³-hybridized carbons (Fsp3) is 0.462. The van der Waals surface area contributed by atoms with Crippen molar-refractivity contribution in [2.45, 2.75) is 45.1 Å². The lowest BCUT2D eigenvalue weighted by Crippen LogP contribution is -2.40. The number of carbonyl (C=O) groups is 1. The van der Waals surface area contributed by atoms with Gasteiger partial charge in [0.05, 0.1) is 4.90 Å². The van der Waals surface area contributed by atoms with Crippen molar-refractivity contribution in [3.05, 3.63) is 29.3 Å². The molecule has 100 valence electrons. The zero-order valence-corrected chi connectivity index (χ0v) is 12.2. The van der Waals surface area contributed by atoms with Crippen LogP contribution >= 0.6 is 0 Å². The summed E-state index contributed by atoms with van der Waals surface area (Å²) in [7, 11) is -3.61. The largest absolute Gasteiger partial charge is 0.295 e. The number of benzene rings is 1. The summed E-state index contributed by atoms with van der Waals surface area (Å²) in [6, 6.07) is 4.70. The second-order valence-electron chi connectivity index (χ2n) is 5.39. The van der Waals surface area contributed by atoms with E-state index >= 15 is 0 Å². The molecule has 4 nitrogen and oxygen atoms in total. The zero-order valence-electron chi connectivity index (χ0n) is 11.4. The van der Waals surface area contributed by atoms with Gasteiger partial charge in [0.1, 0.15) is 0 Å². The molecule has 0 saturated carbocycles. The summed E-state index contributed by atoms with van der Waals surface area (Å²) in [5, 5.41) is 0. The predicted molar refractivity (Wildman–Crippen MR) is 71.3 cm³/mol. The molecule has 0 saturated heterocycles. The van der Waals surface area contributed by atoms with Gasteiger partial charge >= 0.3 is 0 Å². The molecule has 18 heavy (non-hydrogen) atoms. The van der Waals surface area contributed by atoms with E-state index in [0.29, 0.717) is 11.1 Å². The molecule has 1 rings (SSSR count). The van der Waals surface area contributed by atoms with Gasteiger partial charge in [-0.3, -0.25) is 4.79 Å². The molecule has 0 radical (unpaired) electrons. The number of aryl methyl sites for hydroxylation is 1. The van der Waals surface area contributed by atoms with Gasteiger partial charge in [0.15, 0.2) is 5.78 Å². The van der Waals surface area contributed by atoms with Crippen molar-refractivity contribution in [2.75, 3.05) is 0 Å². The maximum atomic E-state index is 12.2. The van der Waals surface area contributed by atoms with Gasteiger partial charge in [-0.2, -0.15) is 0 Å². The summed E-state index contributed by atoms with van der Waals surface area (Å²) in [4.78, 5) is 11.5. The Morgan fingerprint density at radius 3 is 2.22 bits per heavy atom. The second kappa shape index (κ2) is 4.82. The number of Topliss-reactive ketones (excluding diaryl/α,β-unsaturated/α-hetero) is 1. The van der Waals surface area contributed by atoms with Gasteiger partial charge < -0.3 is 0 Å². The van der Waals surface area contributed by atoms with Crippen LogP contribution in [0.25, 0.3) is 0 Å². The molecular formula is C13H19NO3S. The van der Waals surface area contributed by atoms with Gasteiger partial charge in [0.25, 0.3) is 0 Å². The molecule has 0 heterocycles. The monoisotopic (exact) mass is 269 g/mol. The molecule has 0 bridgehead atoms. The van der Waals surface area contributed by atoms with Crippen LogP contribution < -0.4 is 4.72 Å². The van der Waals surface area contributed by atoms with Crippen molar-refractivity contribution in [1.82, 2.24) is 4.72 Å². The smallest absolute Gasteiger partial charge is 0.241 e. The molecule has 0 unspecified atom stereocenters. The third kappa shape index (κ3) is 3.65. The predicted octanol–water partition coefficient (Wildman–Crippen LogP) is 2.27. The van der Waals surface area contributed by atoms with E-state index in [1.165, 1.54) is 13.0 Å². The third-order valence-electron chi connectivity index (χ3n) is 2.32. The first-order valence-electron chi connectivity index (χ1n) is 5.68. The van der Waals surface area contributed by atoms with Crippen molar-refractivity contribution >= 4 is 15.8 Å². The Bertz CT molecular complexity index is 568. The molecule has 1 aromatic carbocycles. The lowest BCUT2D eigenvalue weighted by atomic mass is 10.1. The van der Waals surface area contributed by atoms with Crippen molar-refractivity contribution in [1.29, 1.82) is 0 Å². The minimum absolute atomic E-state index is 0.151. The first kappa shape index (κ1) is 14.9. The number of nitrogens with one attached hydrogen (secondary N) is 1. The highest BCUT2D eigenvalue weighted by Gasteiger charge is 2.24. The van der Waals surface area contributed by atoms with E-state index in [1.54, 1.807) is 39.8 Å². The lowest BCUT2D eigenvalue weighted by Gasteiger charge is -2.21. The molecule has 1 aromatic rings. The van der Waals surface area contributed by atoms with Gasteiger partial charge in [0, 0.05) is 11.1 Å². The van der Waals surface area contributed by atoms with E-state index in [4.69, 9.17) is 0 Å². The average molecular weight is 269 g/mol. The number of carbonyl (C=O) groups excluding carboxylic acids is 1. The van der Waals surface area contributed by atoms with Crippen LogP contribution in [0.2, 0.25) is 0 Å². The Morgan fingerprint density at radius 2 is 1.78 bits per heavy atom. The van der Waals surface area contributed by atoms with Crippen LogP contribution in [0.4, 0.5) is 0 Å². The summed E-state index contributed by atoms with van der Waals surface area (Å²) in [6.07, 6.45) is 0. The summed E-state index contributed by atoms with van der Waals surface area (Å²) in [6.45, 7) is 8.44. The number of rotatable bonds is 3. The highest BCUT2D eigenvalue weighted by molar-refractivity contribution is 7.89. The molecule has 0 amide bonds. The van der Waals surface area contributed by atoms with Gasteiger partial charge in [-0.15, -0.1) is 0 Å². The second-order valence-corrected chi connectivity index (χ2v) is 7.04. The average Bonchev–Trinajstić information content (AvgIpc) is 2.13. The minimum atomic E-state index is -3.61. The molecule has 0 aliphatic rings. The quantitative estimate of drug-likeness (QED) is 0.856. The maximum Gasteiger partial charge on any atom is 0.241 e. The highest BCUT2D eigenvalue weighted by atomic mass is 32.2. The molecular weight excluding hydrogens is 250 g/mol. The first-order valence-corrected chi connectivity index (χ1v) is 7.17. The van der Waals surface area contributed by atoms with Crippen LogP contribution in [0.1, 0.15) is 43.6 Å². The number of hydrogen-bond acceptors (Lipinski definition) is 3. The van der Waals surface area contributed by atoms with Crippen molar-refractivity contribution in [2.24, 2.45) is 0 Å². The maximum absolute atomic E-state index is 12.2. The highest BCUT2D eigenvalue weighted by Crippen LogP contribution is 2.19. The molecule has 0 spiro atoms. The van der Waals surface area contributed by atoms with Gasteiger partial charge in [-0.05, 0) is 46.2 Å². The van der Waals surface area contributed by atoms with Crippen molar-refractivity contribution in [3.63, 3.8) is 0 Å². The molecule has 0 aliphatic carbocycles. The Kier molecular flexibility index (Phi) is 3.98. The van der Waals surface area contributed by atoms with Crippen molar-refractivity contribution < 1.29 is 13.2 Å². The topological polar surface area (TPSA) is 63.2 Å². The van der Waals surface area contributed by atoms with Crippen LogP contribution in [-0.2, 0) is 10.0 Å². The Morgan fingerprint density at radius 1 is 1.22 bits per heavy atom. The van der Waals surface area contributed by atoms with Crippen LogP contribution in [0.15, 0.2) is 23.1 Å². The van der Waals surface area contributed by atoms with E-state index < -0.39 is 15.6 Å². The first-order chi connectivity index (χ1) is 8.03. The van der Waals surface area contributed by atoms with Crippen LogP contribution in [-0.4, -0.2) is 19.7 Å². The van der Waals surface area contributed by atoms with Crippen LogP contribution in [0.3, 0.4) is 0 Å². The van der Waals surface area contributed by atoms with Crippen molar-refractivity contribution in [3.8, 4) is 0 Å². The Labute approximate surface area is 108 Å². The third-order valence-corrected chi connectivity index (χ3v) is 4.22. The number of ketones is 1. The van der Waals surface area contributed by atoms with E-state index in [0.717, 1.165) is 0 Å². The number of sulfonamides is 1. The van der Waals surface area contributed by atoms with E-state index in [2.05, 4.69) is 4.72 Å². The SMILES string of the molecule is CC(=O)c1ccc(C)c(S(=O)(=O)NC(C)(C)C)c1. The van der Waals surface area contributed by atoms with Gasteiger partial charge in [-0.1, -0.05) is 12.1 Å². The molecule has 0 aliphatic heterocycles. The van der Waals surface area contributed by atoms with Crippen LogP contribution in [0.5, 0.6) is 0 Å². The summed E-state index contributed by atoms with van der Waals surface area (Å²) in [5.41, 5.74) is 0.462. The van der Waals surface area contributed by atoms with E-state index in [9.17, 15) is 13.2 Å². The molecule has 1 N–H and O–H groups in total. The standard InChI is InChI=1S/C13H19NO3S/c1-9-6-7-11(10(2)15)8-12(9)18(16,17)14-13(3,4)5/h6-8,14H,1-5H3. The van der Waals surface area contributed by atoms with Gasteiger partial charge in [0.2, 0.25) is 10.0 Å². The normalized spacial score (nSPS) is 12.5. The van der Waals surface area contributed by atoms with Gasteiger partial charge in [-0.25, -0.2) is 13.1 Å².